The molecule has 21 heteroatoms. The van der Waals surface area contributed by atoms with E-state index in [-0.39, 0.29) is 0 Å². The van der Waals surface area contributed by atoms with Crippen molar-refractivity contribution in [2.75, 3.05) is 27.2 Å². The molecule has 0 heterocycles. The third kappa shape index (κ3) is 5.64. The van der Waals surface area contributed by atoms with Gasteiger partial charge in [-0.2, -0.15) is 74.6 Å². The number of rotatable bonds is 13. The predicted octanol–water partition coefficient (Wildman–Crippen LogP) is 6.28. The summed E-state index contributed by atoms with van der Waals surface area (Å²) in [6.07, 6.45) is -15.5. The van der Waals surface area contributed by atoms with Crippen molar-refractivity contribution in [2.24, 2.45) is 0 Å². The summed E-state index contributed by atoms with van der Waals surface area (Å²) in [6.45, 7) is -1.46. The van der Waals surface area contributed by atoms with Crippen LogP contribution in [0.25, 0.3) is 0 Å². The van der Waals surface area contributed by atoms with E-state index in [9.17, 15) is 83.8 Å². The molecule has 0 aliphatic heterocycles. The van der Waals surface area contributed by atoms with Gasteiger partial charge >= 0.3 is 53.6 Å². The predicted molar refractivity (Wildman–Crippen MR) is 84.3 cm³/mol. The van der Waals surface area contributed by atoms with Crippen molar-refractivity contribution in [1.82, 2.24) is 0 Å². The van der Waals surface area contributed by atoms with Gasteiger partial charge in [0.1, 0.15) is 0 Å². The van der Waals surface area contributed by atoms with E-state index in [4.69, 9.17) is 5.11 Å². The van der Waals surface area contributed by atoms with Gasteiger partial charge in [0.2, 0.25) is 0 Å². The first kappa shape index (κ1) is 35.2. The summed E-state index contributed by atoms with van der Waals surface area (Å²) >= 11 is 0. The first-order valence-electron chi connectivity index (χ1n) is 9.19. The lowest BCUT2D eigenvalue weighted by Crippen LogP contribution is -2.75. The molecule has 0 fully saturated rings. The molecular formula is C16H16F18NO2+. The fourth-order valence-electron chi connectivity index (χ4n) is 2.70. The summed E-state index contributed by atoms with van der Waals surface area (Å²) in [4.78, 5) is 10.6. The van der Waals surface area contributed by atoms with E-state index in [0.717, 1.165) is 14.1 Å². The lowest BCUT2D eigenvalue weighted by atomic mass is 9.87. The Bertz CT molecular complexity index is 819. The number of hydrogen-bond donors (Lipinski definition) is 1. The molecule has 0 aromatic carbocycles. The maximum Gasteiger partial charge on any atom is 0.460 e. The van der Waals surface area contributed by atoms with Gasteiger partial charge in [-0.25, -0.2) is 9.18 Å². The molecule has 0 rings (SSSR count). The van der Waals surface area contributed by atoms with Crippen molar-refractivity contribution in [2.45, 2.75) is 66.6 Å². The average Bonchev–Trinajstić information content (AvgIpc) is 2.64. The minimum atomic E-state index is -8.77. The molecule has 0 aromatic heterocycles. The number of hydrogen-bond acceptors (Lipinski definition) is 1. The average molecular weight is 596 g/mol. The van der Waals surface area contributed by atoms with Crippen LogP contribution < -0.4 is 0 Å². The summed E-state index contributed by atoms with van der Waals surface area (Å²) in [5.41, 5.74) is 0. The second-order valence-electron chi connectivity index (χ2n) is 8.39. The van der Waals surface area contributed by atoms with Crippen molar-refractivity contribution in [3.8, 4) is 0 Å². The van der Waals surface area contributed by atoms with Crippen LogP contribution in [0.15, 0.2) is 0 Å². The van der Waals surface area contributed by atoms with Crippen LogP contribution in [0.1, 0.15) is 12.8 Å². The number of carboxylic acid groups (broad SMARTS) is 1. The fraction of sp³-hybridized carbons (Fsp3) is 0.938. The highest BCUT2D eigenvalue weighted by atomic mass is 19.4. The van der Waals surface area contributed by atoms with Gasteiger partial charge in [0.25, 0.3) is 0 Å². The van der Waals surface area contributed by atoms with Crippen LogP contribution in [-0.4, -0.2) is 96.5 Å². The Morgan fingerprint density at radius 2 is 0.973 bits per heavy atom. The van der Waals surface area contributed by atoms with Gasteiger partial charge in [0, 0.05) is 0 Å². The molecule has 3 nitrogen and oxygen atoms in total. The molecule has 0 aliphatic carbocycles. The van der Waals surface area contributed by atoms with Gasteiger partial charge in [-0.3, -0.25) is 0 Å². The molecule has 1 N–H and O–H groups in total. The molecule has 0 saturated heterocycles. The lowest BCUT2D eigenvalue weighted by molar-refractivity contribution is -0.883. The number of aliphatic carboxylic acids is 1. The Morgan fingerprint density at radius 1 is 0.649 bits per heavy atom. The minimum Gasteiger partial charge on any atom is -0.477 e. The van der Waals surface area contributed by atoms with Gasteiger partial charge in [-0.1, -0.05) is 0 Å². The number of carboxylic acids is 1. The first-order valence-corrected chi connectivity index (χ1v) is 9.19. The van der Waals surface area contributed by atoms with Crippen molar-refractivity contribution in [3.63, 3.8) is 0 Å². The third-order valence-corrected chi connectivity index (χ3v) is 4.92. The SMILES string of the molecule is C[N+](C)(CCCC(F)C(F)(F)C(F)(F)C(F)(F)C(F)(F)C(F)(F)C(F)(F)C(F)(F)C(F)(F)F)CC(=O)O. The topological polar surface area (TPSA) is 37.3 Å². The van der Waals surface area contributed by atoms with Crippen LogP contribution in [0, 0.1) is 0 Å². The van der Waals surface area contributed by atoms with Crippen LogP contribution in [0.4, 0.5) is 79.0 Å². The standard InChI is InChI=1S/C16H15F18NO2/c1-35(2,6-8(36)37)5-3-4-7(17)9(18,19)10(20,21)11(22,23)12(24,25)13(26,27)14(28,29)15(30,31)16(32,33)34/h7H,3-6H2,1-2H3/p+1. The molecule has 0 aliphatic rings. The molecule has 0 saturated carbocycles. The van der Waals surface area contributed by atoms with E-state index in [1.54, 1.807) is 0 Å². The first-order chi connectivity index (χ1) is 15.8. The second kappa shape index (κ2) is 9.73. The van der Waals surface area contributed by atoms with Gasteiger partial charge in [-0.15, -0.1) is 0 Å². The van der Waals surface area contributed by atoms with Crippen LogP contribution in [0.3, 0.4) is 0 Å². The van der Waals surface area contributed by atoms with E-state index in [1.807, 2.05) is 0 Å². The summed E-state index contributed by atoms with van der Waals surface area (Å²) in [7, 11) is 2.11. The van der Waals surface area contributed by atoms with E-state index in [2.05, 4.69) is 0 Å². The number of halogens is 18. The largest absolute Gasteiger partial charge is 0.477 e. The molecule has 0 radical (unpaired) electrons. The number of quaternary nitrogens is 1. The summed E-state index contributed by atoms with van der Waals surface area (Å²) in [5, 5.41) is 8.59. The summed E-state index contributed by atoms with van der Waals surface area (Å²) in [5.74, 6) is -59.7. The molecule has 0 aromatic rings. The van der Waals surface area contributed by atoms with Gasteiger partial charge in [0.15, 0.2) is 12.7 Å². The maximum absolute atomic E-state index is 13.8. The number of likely N-dealkylation sites (N-methyl/N-ethyl adjacent to an activating group) is 1. The molecule has 0 spiro atoms. The molecule has 0 amide bonds. The molecule has 0 bridgehead atoms. The van der Waals surface area contributed by atoms with E-state index >= 15 is 0 Å². The van der Waals surface area contributed by atoms with Gasteiger partial charge in [-0.05, 0) is 12.8 Å². The van der Waals surface area contributed by atoms with E-state index in [0.29, 0.717) is 0 Å². The zero-order valence-corrected chi connectivity index (χ0v) is 18.0. The normalized spacial score (nSPS) is 16.6. The molecular weight excluding hydrogens is 580 g/mol. The number of alkyl halides is 18. The Morgan fingerprint density at radius 3 is 1.30 bits per heavy atom. The smallest absolute Gasteiger partial charge is 0.460 e. The zero-order chi connectivity index (χ0) is 30.5. The van der Waals surface area contributed by atoms with E-state index in [1.165, 1.54) is 0 Å². The molecule has 1 unspecified atom stereocenters. The minimum absolute atomic E-state index is 0.669. The highest BCUT2D eigenvalue weighted by Gasteiger charge is 2.95. The Kier molecular flexibility index (Phi) is 9.25. The van der Waals surface area contributed by atoms with Gasteiger partial charge in [0.05, 0.1) is 20.6 Å². The Hall–Kier alpha value is -1.83. The Labute approximate surface area is 194 Å². The summed E-state index contributed by atoms with van der Waals surface area (Å²) < 4.78 is 237. The van der Waals surface area contributed by atoms with Crippen molar-refractivity contribution >= 4 is 5.97 Å². The van der Waals surface area contributed by atoms with Crippen molar-refractivity contribution in [1.29, 1.82) is 0 Å². The van der Waals surface area contributed by atoms with Crippen LogP contribution in [-0.2, 0) is 4.79 Å². The van der Waals surface area contributed by atoms with Crippen molar-refractivity contribution < 1.29 is 93.4 Å². The number of nitrogens with zero attached hydrogens (tertiary/aromatic N) is 1. The fourth-order valence-corrected chi connectivity index (χ4v) is 2.70. The highest BCUT2D eigenvalue weighted by molar-refractivity contribution is 5.67. The third-order valence-electron chi connectivity index (χ3n) is 4.92. The molecule has 37 heavy (non-hydrogen) atoms. The summed E-state index contributed by atoms with van der Waals surface area (Å²) in [6, 6.07) is 0. The van der Waals surface area contributed by atoms with E-state index < -0.39 is 90.2 Å². The lowest BCUT2D eigenvalue weighted by Gasteiger charge is -2.43. The van der Waals surface area contributed by atoms with Crippen LogP contribution in [0.2, 0.25) is 0 Å². The quantitative estimate of drug-likeness (QED) is 0.201. The zero-order valence-electron chi connectivity index (χ0n) is 18.0. The second-order valence-corrected chi connectivity index (χ2v) is 8.39. The Balaban J connectivity index is 6.30. The van der Waals surface area contributed by atoms with Gasteiger partial charge < -0.3 is 9.59 Å². The van der Waals surface area contributed by atoms with Crippen molar-refractivity contribution in [3.05, 3.63) is 0 Å². The molecule has 1 atom stereocenters. The van der Waals surface area contributed by atoms with Crippen LogP contribution >= 0.6 is 0 Å². The maximum atomic E-state index is 13.8. The highest BCUT2D eigenvalue weighted by Crippen LogP contribution is 2.64. The molecule has 222 valence electrons. The monoisotopic (exact) mass is 596 g/mol. The van der Waals surface area contributed by atoms with Crippen LogP contribution in [0.5, 0.6) is 0 Å². The number of carbonyl (C=O) groups is 1.